The fourth-order valence-electron chi connectivity index (χ4n) is 3.72. The Kier molecular flexibility index (Phi) is 5.89. The molecule has 33 heavy (non-hydrogen) atoms. The first-order valence-electron chi connectivity index (χ1n) is 10.2. The van der Waals surface area contributed by atoms with E-state index in [1.165, 1.54) is 25.1 Å². The molecule has 0 aliphatic heterocycles. The predicted molar refractivity (Wildman–Crippen MR) is 112 cm³/mol. The zero-order chi connectivity index (χ0) is 23.9. The summed E-state index contributed by atoms with van der Waals surface area (Å²) in [6.07, 6.45) is -3.66. The second-order valence-electron chi connectivity index (χ2n) is 8.01. The maximum atomic E-state index is 14.4. The van der Waals surface area contributed by atoms with Crippen LogP contribution in [0.5, 0.6) is 0 Å². The van der Waals surface area contributed by atoms with Crippen LogP contribution in [0.2, 0.25) is 0 Å². The standard InChI is InChI=1S/C22H20F5N5O/c1-10(33)15-6-16-19(28-9-12-4-3-5-14(17(12)23)18(24)25)29-11(2)30-21(16)32-20(15)31-13-7-22(26,27)8-13/h3-6,13,18H,7-9H2,1-2H3,(H2,28,29,30,31,32). The number of halogens is 5. The zero-order valence-electron chi connectivity index (χ0n) is 17.7. The smallest absolute Gasteiger partial charge is 0.266 e. The van der Waals surface area contributed by atoms with Crippen molar-refractivity contribution in [1.82, 2.24) is 15.0 Å². The summed E-state index contributed by atoms with van der Waals surface area (Å²) >= 11 is 0. The van der Waals surface area contributed by atoms with E-state index in [4.69, 9.17) is 0 Å². The average Bonchev–Trinajstić information content (AvgIpc) is 2.70. The molecule has 0 radical (unpaired) electrons. The number of aryl methyl sites for hydroxylation is 1. The van der Waals surface area contributed by atoms with Crippen LogP contribution in [-0.4, -0.2) is 32.7 Å². The Labute approximate surface area is 185 Å². The third kappa shape index (κ3) is 4.71. The second-order valence-corrected chi connectivity index (χ2v) is 8.01. The van der Waals surface area contributed by atoms with E-state index < -0.39 is 29.8 Å². The van der Waals surface area contributed by atoms with Gasteiger partial charge in [-0.05, 0) is 19.9 Å². The van der Waals surface area contributed by atoms with E-state index in [9.17, 15) is 26.7 Å². The summed E-state index contributed by atoms with van der Waals surface area (Å²) in [5.41, 5.74) is -0.318. The maximum Gasteiger partial charge on any atom is 0.266 e. The number of rotatable bonds is 7. The van der Waals surface area contributed by atoms with Crippen LogP contribution in [0.25, 0.3) is 11.0 Å². The molecule has 0 spiro atoms. The highest BCUT2D eigenvalue weighted by Crippen LogP contribution is 2.39. The third-order valence-electron chi connectivity index (χ3n) is 5.40. The molecule has 0 saturated heterocycles. The van der Waals surface area contributed by atoms with Crippen molar-refractivity contribution in [2.75, 3.05) is 10.6 Å². The number of aromatic nitrogens is 3. The maximum absolute atomic E-state index is 14.4. The Balaban J connectivity index is 1.67. The van der Waals surface area contributed by atoms with Crippen molar-refractivity contribution in [3.8, 4) is 0 Å². The van der Waals surface area contributed by atoms with Crippen LogP contribution >= 0.6 is 0 Å². The molecule has 174 valence electrons. The van der Waals surface area contributed by atoms with Gasteiger partial charge in [0.1, 0.15) is 23.3 Å². The summed E-state index contributed by atoms with van der Waals surface area (Å²) in [4.78, 5) is 25.1. The molecular weight excluding hydrogens is 445 g/mol. The van der Waals surface area contributed by atoms with Crippen LogP contribution < -0.4 is 10.6 Å². The summed E-state index contributed by atoms with van der Waals surface area (Å²) in [7, 11) is 0. The van der Waals surface area contributed by atoms with Gasteiger partial charge in [-0.15, -0.1) is 0 Å². The lowest BCUT2D eigenvalue weighted by atomic mass is 9.88. The van der Waals surface area contributed by atoms with Crippen LogP contribution in [0, 0.1) is 12.7 Å². The summed E-state index contributed by atoms with van der Waals surface area (Å²) in [5, 5.41) is 6.14. The molecule has 2 heterocycles. The quantitative estimate of drug-likeness (QED) is 0.358. The lowest BCUT2D eigenvalue weighted by molar-refractivity contribution is -0.0794. The molecule has 1 fully saturated rings. The van der Waals surface area contributed by atoms with Gasteiger partial charge in [-0.3, -0.25) is 4.79 Å². The van der Waals surface area contributed by atoms with E-state index in [1.54, 1.807) is 6.92 Å². The number of hydrogen-bond donors (Lipinski definition) is 2. The molecule has 4 rings (SSSR count). The number of hydrogen-bond acceptors (Lipinski definition) is 6. The number of fused-ring (bicyclic) bond motifs is 1. The predicted octanol–water partition coefficient (Wildman–Crippen LogP) is 5.43. The van der Waals surface area contributed by atoms with Gasteiger partial charge >= 0.3 is 0 Å². The average molecular weight is 465 g/mol. The third-order valence-corrected chi connectivity index (χ3v) is 5.40. The van der Waals surface area contributed by atoms with Gasteiger partial charge in [0, 0.05) is 31.0 Å². The molecule has 1 aliphatic rings. The van der Waals surface area contributed by atoms with E-state index in [0.717, 1.165) is 6.07 Å². The molecule has 0 amide bonds. The van der Waals surface area contributed by atoms with E-state index >= 15 is 0 Å². The van der Waals surface area contributed by atoms with E-state index in [2.05, 4.69) is 25.6 Å². The Morgan fingerprint density at radius 1 is 1.18 bits per heavy atom. The van der Waals surface area contributed by atoms with Gasteiger partial charge in [-0.1, -0.05) is 18.2 Å². The van der Waals surface area contributed by atoms with Gasteiger partial charge < -0.3 is 10.6 Å². The first-order chi connectivity index (χ1) is 15.5. The lowest BCUT2D eigenvalue weighted by Crippen LogP contribution is -2.44. The molecule has 0 unspecified atom stereocenters. The van der Waals surface area contributed by atoms with Gasteiger partial charge in [-0.25, -0.2) is 36.9 Å². The van der Waals surface area contributed by atoms with Crippen molar-refractivity contribution >= 4 is 28.5 Å². The Hall–Kier alpha value is -3.37. The molecule has 1 saturated carbocycles. The molecule has 6 nitrogen and oxygen atoms in total. The molecule has 2 N–H and O–H groups in total. The highest BCUT2D eigenvalue weighted by Gasteiger charge is 2.45. The second kappa shape index (κ2) is 8.53. The summed E-state index contributed by atoms with van der Waals surface area (Å²) < 4.78 is 66.8. The van der Waals surface area contributed by atoms with Crippen LogP contribution in [0.3, 0.4) is 0 Å². The number of ketones is 1. The molecule has 1 aliphatic carbocycles. The lowest BCUT2D eigenvalue weighted by Gasteiger charge is -2.35. The van der Waals surface area contributed by atoms with Crippen LogP contribution in [0.4, 0.5) is 33.6 Å². The molecule has 0 atom stereocenters. The van der Waals surface area contributed by atoms with Gasteiger partial charge in [0.25, 0.3) is 12.3 Å². The largest absolute Gasteiger partial charge is 0.366 e. The van der Waals surface area contributed by atoms with Crippen LogP contribution in [0.1, 0.15) is 53.5 Å². The molecule has 11 heteroatoms. The minimum Gasteiger partial charge on any atom is -0.366 e. The van der Waals surface area contributed by atoms with Gasteiger partial charge in [0.2, 0.25) is 0 Å². The summed E-state index contributed by atoms with van der Waals surface area (Å²) in [5.74, 6) is -3.40. The van der Waals surface area contributed by atoms with Crippen molar-refractivity contribution in [3.63, 3.8) is 0 Å². The fourth-order valence-corrected chi connectivity index (χ4v) is 3.72. The number of nitrogens with zero attached hydrogens (tertiary/aromatic N) is 3. The monoisotopic (exact) mass is 465 g/mol. The first-order valence-corrected chi connectivity index (χ1v) is 10.2. The normalized spacial score (nSPS) is 15.5. The number of benzene rings is 1. The Morgan fingerprint density at radius 2 is 1.91 bits per heavy atom. The number of carbonyl (C=O) groups excluding carboxylic acids is 1. The summed E-state index contributed by atoms with van der Waals surface area (Å²) in [6.45, 7) is 2.77. The van der Waals surface area contributed by atoms with Crippen LogP contribution in [0.15, 0.2) is 24.3 Å². The van der Waals surface area contributed by atoms with Gasteiger partial charge in [0.05, 0.1) is 16.5 Å². The minimum absolute atomic E-state index is 0.0150. The van der Waals surface area contributed by atoms with E-state index in [1.807, 2.05) is 0 Å². The highest BCUT2D eigenvalue weighted by atomic mass is 19.3. The SMILES string of the molecule is CC(=O)c1cc2c(NCc3cccc(C(F)F)c3F)nc(C)nc2nc1NC1CC(F)(F)C1. The van der Waals surface area contributed by atoms with Gasteiger partial charge in [-0.2, -0.15) is 0 Å². The highest BCUT2D eigenvalue weighted by molar-refractivity contribution is 6.03. The molecular formula is C22H20F5N5O. The topological polar surface area (TPSA) is 79.8 Å². The van der Waals surface area contributed by atoms with Gasteiger partial charge in [0.15, 0.2) is 11.4 Å². The number of nitrogens with one attached hydrogen (secondary N) is 2. The van der Waals surface area contributed by atoms with Crippen molar-refractivity contribution in [1.29, 1.82) is 0 Å². The molecule has 1 aromatic carbocycles. The van der Waals surface area contributed by atoms with Crippen molar-refractivity contribution in [3.05, 3.63) is 52.6 Å². The number of anilines is 2. The van der Waals surface area contributed by atoms with Crippen molar-refractivity contribution in [2.45, 2.75) is 51.6 Å². The number of pyridine rings is 1. The fraction of sp³-hybridized carbons (Fsp3) is 0.364. The zero-order valence-corrected chi connectivity index (χ0v) is 17.7. The van der Waals surface area contributed by atoms with E-state index in [0.29, 0.717) is 11.2 Å². The molecule has 0 bridgehead atoms. The number of alkyl halides is 4. The number of Topliss-reactive ketones (excluding diaryl/α,β-unsaturated/α-hetero) is 1. The van der Waals surface area contributed by atoms with Crippen LogP contribution in [-0.2, 0) is 6.54 Å². The molecule has 2 aromatic heterocycles. The molecule has 3 aromatic rings. The van der Waals surface area contributed by atoms with Crippen molar-refractivity contribution < 1.29 is 26.7 Å². The summed E-state index contributed by atoms with van der Waals surface area (Å²) in [6, 6.07) is 4.69. The Morgan fingerprint density at radius 3 is 2.55 bits per heavy atom. The number of carbonyl (C=O) groups is 1. The Bertz CT molecular complexity index is 1230. The minimum atomic E-state index is -2.95. The first kappa shape index (κ1) is 22.8. The van der Waals surface area contributed by atoms with E-state index in [-0.39, 0.29) is 53.6 Å². The van der Waals surface area contributed by atoms with Crippen molar-refractivity contribution in [2.24, 2.45) is 0 Å².